The van der Waals surface area contributed by atoms with Crippen molar-refractivity contribution in [1.82, 2.24) is 9.80 Å². The summed E-state index contributed by atoms with van der Waals surface area (Å²) >= 11 is 0. The molecule has 0 heterocycles. The van der Waals surface area contributed by atoms with Crippen LogP contribution in [-0.2, 0) is 4.79 Å². The van der Waals surface area contributed by atoms with Gasteiger partial charge in [-0.2, -0.15) is 0 Å². The van der Waals surface area contributed by atoms with Gasteiger partial charge in [0.2, 0.25) is 5.78 Å². The zero-order valence-corrected chi connectivity index (χ0v) is 11.0. The second-order valence-corrected chi connectivity index (χ2v) is 4.41. The summed E-state index contributed by atoms with van der Waals surface area (Å²) < 4.78 is 0. The highest BCUT2D eigenvalue weighted by Crippen LogP contribution is 2.24. The van der Waals surface area contributed by atoms with E-state index in [1.807, 2.05) is 0 Å². The van der Waals surface area contributed by atoms with E-state index in [1.54, 1.807) is 7.05 Å². The van der Waals surface area contributed by atoms with Crippen molar-refractivity contribution in [3.63, 3.8) is 0 Å². The second kappa shape index (κ2) is 6.16. The molecule has 0 bridgehead atoms. The van der Waals surface area contributed by atoms with Crippen LogP contribution in [0.15, 0.2) is 23.5 Å². The average molecular weight is 271 g/mol. The largest absolute Gasteiger partial charge is 0.821 e. The summed E-state index contributed by atoms with van der Waals surface area (Å²) in [6.45, 7) is -0.0406. The normalized spacial score (nSPS) is 22.9. The molecule has 0 aromatic carbocycles. The quantitative estimate of drug-likeness (QED) is 0.449. The number of aliphatic hydroxyl groups is 3. The summed E-state index contributed by atoms with van der Waals surface area (Å²) in [4.78, 5) is 14.7. The molecule has 1 aliphatic carbocycles. The molecule has 3 N–H and O–H groups in total. The van der Waals surface area contributed by atoms with Crippen LogP contribution in [0.25, 0.3) is 0 Å². The Morgan fingerprint density at radius 1 is 1.21 bits per heavy atom. The maximum Gasteiger partial charge on any atom is 0.203 e. The molecule has 0 radical (unpaired) electrons. The Kier molecular flexibility index (Phi) is 5.07. The van der Waals surface area contributed by atoms with Crippen LogP contribution >= 0.6 is 0 Å². The molecule has 7 nitrogen and oxygen atoms in total. The Morgan fingerprint density at radius 2 is 1.74 bits per heavy atom. The predicted molar refractivity (Wildman–Crippen MR) is 65.6 cm³/mol. The summed E-state index contributed by atoms with van der Waals surface area (Å²) in [6, 6.07) is 0. The third-order valence-electron chi connectivity index (χ3n) is 2.91. The van der Waals surface area contributed by atoms with E-state index in [4.69, 9.17) is 10.2 Å². The van der Waals surface area contributed by atoms with Crippen molar-refractivity contribution in [2.24, 2.45) is 0 Å². The van der Waals surface area contributed by atoms with Crippen molar-refractivity contribution in [3.8, 4) is 0 Å². The molecule has 0 saturated carbocycles. The number of likely N-dealkylation sites (N-methyl/N-ethyl adjacent to an activating group) is 2. The fraction of sp³-hybridized carbons (Fsp3) is 0.583. The van der Waals surface area contributed by atoms with E-state index >= 15 is 0 Å². The topological polar surface area (TPSA) is 107 Å². The van der Waals surface area contributed by atoms with Crippen molar-refractivity contribution >= 4 is 5.78 Å². The molecule has 0 aromatic heterocycles. The fourth-order valence-electron chi connectivity index (χ4n) is 1.85. The highest BCUT2D eigenvalue weighted by Gasteiger charge is 2.29. The van der Waals surface area contributed by atoms with Crippen LogP contribution < -0.4 is 5.11 Å². The van der Waals surface area contributed by atoms with Crippen molar-refractivity contribution in [1.29, 1.82) is 0 Å². The molecule has 0 amide bonds. The lowest BCUT2D eigenvalue weighted by Gasteiger charge is -2.42. The van der Waals surface area contributed by atoms with Crippen LogP contribution in [0.2, 0.25) is 0 Å². The van der Waals surface area contributed by atoms with Gasteiger partial charge in [0.1, 0.15) is 0 Å². The average Bonchev–Trinajstić information content (AvgIpc) is 2.32. The van der Waals surface area contributed by atoms with Gasteiger partial charge in [0, 0.05) is 39.0 Å². The van der Waals surface area contributed by atoms with Gasteiger partial charge in [0.05, 0.1) is 24.7 Å². The number of aliphatic hydroxyl groups excluding tert-OH is 2. The van der Waals surface area contributed by atoms with Gasteiger partial charge in [-0.05, 0) is 6.08 Å². The molecular weight excluding hydrogens is 252 g/mol. The maximum atomic E-state index is 12.1. The lowest BCUT2D eigenvalue weighted by atomic mass is 10.00. The Balaban J connectivity index is 3.00. The zero-order chi connectivity index (χ0) is 14.6. The Bertz CT molecular complexity index is 403. The molecule has 108 valence electrons. The van der Waals surface area contributed by atoms with Gasteiger partial charge in [-0.3, -0.25) is 4.79 Å². The van der Waals surface area contributed by atoms with E-state index in [0.29, 0.717) is 0 Å². The molecule has 1 unspecified atom stereocenters. The Morgan fingerprint density at radius 3 is 2.26 bits per heavy atom. The Hall–Kier alpha value is -1.41. The first kappa shape index (κ1) is 15.6. The van der Waals surface area contributed by atoms with Gasteiger partial charge in [0.25, 0.3) is 0 Å². The minimum absolute atomic E-state index is 0.0488. The number of hydrogen-bond donors (Lipinski definition) is 3. The molecule has 1 atom stereocenters. The number of nitrogens with zero attached hydrogens (tertiary/aromatic N) is 2. The molecule has 1 rings (SSSR count). The van der Waals surface area contributed by atoms with Crippen LogP contribution in [0.5, 0.6) is 0 Å². The van der Waals surface area contributed by atoms with Gasteiger partial charge in [-0.25, -0.2) is 0 Å². The smallest absolute Gasteiger partial charge is 0.203 e. The van der Waals surface area contributed by atoms with Crippen molar-refractivity contribution in [3.05, 3.63) is 23.5 Å². The standard InChI is InChI=1S/C12H19N2O5/c1-13(3-5-15)9-8-12(18,19)11(7-10(9)17)14(2)4-6-16/h7-8,15-16,18H,3-6H2,1-2H3/q-1. The fourth-order valence-corrected chi connectivity index (χ4v) is 1.85. The van der Waals surface area contributed by atoms with Crippen LogP contribution in [0.3, 0.4) is 0 Å². The second-order valence-electron chi connectivity index (χ2n) is 4.41. The van der Waals surface area contributed by atoms with Gasteiger partial charge in [-0.15, -0.1) is 0 Å². The molecule has 19 heavy (non-hydrogen) atoms. The van der Waals surface area contributed by atoms with Gasteiger partial charge in [0.15, 0.2) is 0 Å². The molecule has 0 saturated heterocycles. The Labute approximate surface area is 111 Å². The summed E-state index contributed by atoms with van der Waals surface area (Å²) in [7, 11) is 3.06. The summed E-state index contributed by atoms with van der Waals surface area (Å²) in [6.07, 6.45) is 1.99. The third-order valence-corrected chi connectivity index (χ3v) is 2.91. The molecular formula is C12H19N2O5-. The lowest BCUT2D eigenvalue weighted by Crippen LogP contribution is -2.52. The van der Waals surface area contributed by atoms with E-state index < -0.39 is 11.6 Å². The van der Waals surface area contributed by atoms with Crippen molar-refractivity contribution in [2.75, 3.05) is 40.4 Å². The number of rotatable bonds is 6. The maximum absolute atomic E-state index is 12.1. The third kappa shape index (κ3) is 3.54. The monoisotopic (exact) mass is 271 g/mol. The van der Waals surface area contributed by atoms with E-state index in [2.05, 4.69) is 0 Å². The highest BCUT2D eigenvalue weighted by molar-refractivity contribution is 6.05. The SMILES string of the molecule is CN(CCO)C1=CC([O-])(O)C(N(C)CCO)=CC1=O. The molecule has 0 fully saturated rings. The van der Waals surface area contributed by atoms with Crippen molar-refractivity contribution < 1.29 is 25.2 Å². The van der Waals surface area contributed by atoms with Crippen LogP contribution in [0.1, 0.15) is 0 Å². The zero-order valence-electron chi connectivity index (χ0n) is 11.0. The van der Waals surface area contributed by atoms with Crippen LogP contribution in [-0.4, -0.2) is 77.1 Å². The van der Waals surface area contributed by atoms with E-state index in [1.165, 1.54) is 16.8 Å². The summed E-state index contributed by atoms with van der Waals surface area (Å²) in [5.74, 6) is -2.95. The first-order valence-corrected chi connectivity index (χ1v) is 5.89. The van der Waals surface area contributed by atoms with E-state index in [0.717, 1.165) is 12.2 Å². The summed E-state index contributed by atoms with van der Waals surface area (Å²) in [5, 5.41) is 39.6. The molecule has 1 aliphatic rings. The van der Waals surface area contributed by atoms with E-state index in [-0.39, 0.29) is 37.7 Å². The number of carbonyl (C=O) groups is 1. The number of carbonyl (C=O) groups excluding carboxylic acids is 1. The summed E-state index contributed by atoms with van der Waals surface area (Å²) in [5.41, 5.74) is -0.0552. The number of ketones is 1. The number of hydrogen-bond acceptors (Lipinski definition) is 7. The molecule has 0 aromatic rings. The van der Waals surface area contributed by atoms with Gasteiger partial charge >= 0.3 is 0 Å². The lowest BCUT2D eigenvalue weighted by molar-refractivity contribution is -0.515. The van der Waals surface area contributed by atoms with Gasteiger partial charge in [-0.1, -0.05) is 0 Å². The number of allylic oxidation sites excluding steroid dienone is 1. The van der Waals surface area contributed by atoms with E-state index in [9.17, 15) is 15.0 Å². The predicted octanol–water partition coefficient (Wildman–Crippen LogP) is -2.77. The molecule has 0 spiro atoms. The van der Waals surface area contributed by atoms with Crippen LogP contribution in [0, 0.1) is 0 Å². The minimum atomic E-state index is -2.53. The molecule has 7 heteroatoms. The highest BCUT2D eigenvalue weighted by atomic mass is 16.5. The molecule has 0 aliphatic heterocycles. The van der Waals surface area contributed by atoms with Crippen LogP contribution in [0.4, 0.5) is 0 Å². The first-order chi connectivity index (χ1) is 8.83. The van der Waals surface area contributed by atoms with Crippen molar-refractivity contribution in [2.45, 2.75) is 5.79 Å². The first-order valence-electron chi connectivity index (χ1n) is 5.89. The minimum Gasteiger partial charge on any atom is -0.821 e. The van der Waals surface area contributed by atoms with Gasteiger partial charge < -0.3 is 30.2 Å².